The van der Waals surface area contributed by atoms with Crippen LogP contribution in [-0.2, 0) is 0 Å². The lowest BCUT2D eigenvalue weighted by atomic mass is 9.69. The van der Waals surface area contributed by atoms with Crippen LogP contribution in [-0.4, -0.2) is 0 Å². The van der Waals surface area contributed by atoms with Crippen molar-refractivity contribution in [2.24, 2.45) is 11.8 Å². The zero-order valence-electron chi connectivity index (χ0n) is 10.3. The Morgan fingerprint density at radius 2 is 1.94 bits per heavy atom. The first-order chi connectivity index (χ1) is 8.22. The lowest BCUT2D eigenvalue weighted by Gasteiger charge is -2.37. The molecule has 2 aliphatic carbocycles. The molecule has 1 fully saturated rings. The molecular weight excluding hydrogens is 272 g/mol. The van der Waals surface area contributed by atoms with Gasteiger partial charge in [-0.05, 0) is 55.1 Å². The predicted molar refractivity (Wildman–Crippen MR) is 76.1 cm³/mol. The number of fused-ring (bicyclic) bond motifs is 2. The first kappa shape index (κ1) is 11.5. The number of benzene rings is 1. The van der Waals surface area contributed by atoms with Crippen LogP contribution < -0.4 is 0 Å². The van der Waals surface area contributed by atoms with Crippen molar-refractivity contribution in [1.82, 2.24) is 0 Å². The molecule has 0 aliphatic heterocycles. The number of allylic oxidation sites excluding steroid dienone is 2. The molecule has 1 heteroatoms. The van der Waals surface area contributed by atoms with Crippen LogP contribution in [0.5, 0.6) is 0 Å². The number of halogens is 1. The van der Waals surface area contributed by atoms with Gasteiger partial charge in [0, 0.05) is 4.47 Å². The van der Waals surface area contributed by atoms with Gasteiger partial charge in [0.1, 0.15) is 0 Å². The maximum Gasteiger partial charge on any atom is 0.0210 e. The monoisotopic (exact) mass is 290 g/mol. The van der Waals surface area contributed by atoms with E-state index in [1.54, 1.807) is 5.57 Å². The minimum atomic E-state index is 0.739. The smallest absolute Gasteiger partial charge is 0.0210 e. The summed E-state index contributed by atoms with van der Waals surface area (Å²) < 4.78 is 1.29. The molecule has 0 radical (unpaired) electrons. The van der Waals surface area contributed by atoms with Gasteiger partial charge in [0.2, 0.25) is 0 Å². The zero-order chi connectivity index (χ0) is 11.8. The molecule has 2 bridgehead atoms. The molecule has 0 aromatic heterocycles. The van der Waals surface area contributed by atoms with Crippen molar-refractivity contribution >= 4 is 15.9 Å². The van der Waals surface area contributed by atoms with Crippen LogP contribution >= 0.6 is 15.9 Å². The van der Waals surface area contributed by atoms with E-state index in [1.165, 1.54) is 35.7 Å². The summed E-state index contributed by atoms with van der Waals surface area (Å²) in [6, 6.07) is 8.75. The Morgan fingerprint density at radius 1 is 1.12 bits per heavy atom. The summed E-state index contributed by atoms with van der Waals surface area (Å²) in [4.78, 5) is 0. The van der Waals surface area contributed by atoms with Crippen molar-refractivity contribution in [3.05, 3.63) is 46.0 Å². The van der Waals surface area contributed by atoms with Crippen LogP contribution in [0.3, 0.4) is 0 Å². The second kappa shape index (κ2) is 4.61. The van der Waals surface area contributed by atoms with Gasteiger partial charge in [0.15, 0.2) is 0 Å². The van der Waals surface area contributed by atoms with Gasteiger partial charge in [-0.15, -0.1) is 0 Å². The minimum absolute atomic E-state index is 0.739. The van der Waals surface area contributed by atoms with E-state index >= 15 is 0 Å². The molecule has 17 heavy (non-hydrogen) atoms. The summed E-state index contributed by atoms with van der Waals surface area (Å²) >= 11 is 3.70. The summed E-state index contributed by atoms with van der Waals surface area (Å²) in [5.74, 6) is 2.47. The summed E-state index contributed by atoms with van der Waals surface area (Å²) in [5, 5.41) is 0. The van der Waals surface area contributed by atoms with Crippen molar-refractivity contribution < 1.29 is 0 Å². The van der Waals surface area contributed by atoms with E-state index in [2.05, 4.69) is 53.2 Å². The van der Waals surface area contributed by atoms with Crippen LogP contribution in [0.15, 0.2) is 40.4 Å². The minimum Gasteiger partial charge on any atom is -0.0824 e. The Bertz CT molecular complexity index is 447. The normalized spacial score (nSPS) is 32.1. The highest BCUT2D eigenvalue weighted by atomic mass is 79.9. The van der Waals surface area contributed by atoms with Gasteiger partial charge < -0.3 is 0 Å². The molecular formula is C16H19Br. The van der Waals surface area contributed by atoms with Gasteiger partial charge in [0.25, 0.3) is 0 Å². The van der Waals surface area contributed by atoms with Gasteiger partial charge in [-0.1, -0.05) is 52.7 Å². The van der Waals surface area contributed by atoms with E-state index in [9.17, 15) is 0 Å². The SMILES string of the molecule is CC1C=C2CC(C1)CC(c1ccccc1Br)C2. The summed E-state index contributed by atoms with van der Waals surface area (Å²) in [7, 11) is 0. The fourth-order valence-corrected chi connectivity index (χ4v) is 4.30. The Morgan fingerprint density at radius 3 is 2.71 bits per heavy atom. The molecule has 0 N–H and O–H groups in total. The fourth-order valence-electron chi connectivity index (χ4n) is 3.69. The van der Waals surface area contributed by atoms with Crippen molar-refractivity contribution in [3.63, 3.8) is 0 Å². The van der Waals surface area contributed by atoms with E-state index in [0.29, 0.717) is 0 Å². The number of hydrogen-bond donors (Lipinski definition) is 0. The molecule has 0 heterocycles. The highest BCUT2D eigenvalue weighted by Crippen LogP contribution is 2.46. The van der Waals surface area contributed by atoms with Crippen LogP contribution in [0, 0.1) is 11.8 Å². The Labute approximate surface area is 112 Å². The van der Waals surface area contributed by atoms with Gasteiger partial charge in [-0.25, -0.2) is 0 Å². The van der Waals surface area contributed by atoms with Crippen LogP contribution in [0.25, 0.3) is 0 Å². The van der Waals surface area contributed by atoms with Gasteiger partial charge in [0.05, 0.1) is 0 Å². The Hall–Kier alpha value is -0.560. The molecule has 1 aromatic rings. The van der Waals surface area contributed by atoms with E-state index in [1.807, 2.05) is 0 Å². The van der Waals surface area contributed by atoms with Crippen LogP contribution in [0.1, 0.15) is 44.1 Å². The highest BCUT2D eigenvalue weighted by Gasteiger charge is 2.30. The molecule has 0 spiro atoms. The molecule has 90 valence electrons. The lowest BCUT2D eigenvalue weighted by molar-refractivity contribution is 0.309. The van der Waals surface area contributed by atoms with Crippen molar-refractivity contribution in [3.8, 4) is 0 Å². The molecule has 3 rings (SSSR count). The first-order valence-electron chi connectivity index (χ1n) is 6.66. The van der Waals surface area contributed by atoms with E-state index < -0.39 is 0 Å². The zero-order valence-corrected chi connectivity index (χ0v) is 11.9. The van der Waals surface area contributed by atoms with Crippen molar-refractivity contribution in [2.75, 3.05) is 0 Å². The van der Waals surface area contributed by atoms with E-state index in [0.717, 1.165) is 17.8 Å². The Kier molecular flexibility index (Phi) is 3.12. The van der Waals surface area contributed by atoms with Crippen molar-refractivity contribution in [2.45, 2.75) is 38.5 Å². The Balaban J connectivity index is 1.88. The molecule has 3 unspecified atom stereocenters. The molecule has 1 aromatic carbocycles. The molecule has 3 atom stereocenters. The first-order valence-corrected chi connectivity index (χ1v) is 7.45. The summed E-state index contributed by atoms with van der Waals surface area (Å²) in [5.41, 5.74) is 3.22. The number of hydrogen-bond acceptors (Lipinski definition) is 0. The van der Waals surface area contributed by atoms with Crippen LogP contribution in [0.4, 0.5) is 0 Å². The molecule has 0 nitrogen and oxygen atoms in total. The highest BCUT2D eigenvalue weighted by molar-refractivity contribution is 9.10. The second-order valence-corrected chi connectivity index (χ2v) is 6.62. The molecule has 2 aliphatic rings. The molecule has 0 amide bonds. The summed E-state index contributed by atoms with van der Waals surface area (Å²) in [6.45, 7) is 2.37. The summed E-state index contributed by atoms with van der Waals surface area (Å²) in [6.07, 6.45) is 7.95. The van der Waals surface area contributed by atoms with E-state index in [4.69, 9.17) is 0 Å². The average molecular weight is 291 g/mol. The quantitative estimate of drug-likeness (QED) is 0.616. The fraction of sp³-hybridized carbons (Fsp3) is 0.500. The van der Waals surface area contributed by atoms with Gasteiger partial charge in [-0.2, -0.15) is 0 Å². The topological polar surface area (TPSA) is 0 Å². The largest absolute Gasteiger partial charge is 0.0824 e. The van der Waals surface area contributed by atoms with Crippen molar-refractivity contribution in [1.29, 1.82) is 0 Å². The third-order valence-electron chi connectivity index (χ3n) is 4.25. The lowest BCUT2D eigenvalue weighted by Crippen LogP contribution is -2.22. The third-order valence-corrected chi connectivity index (χ3v) is 4.97. The predicted octanol–water partition coefficient (Wildman–Crippen LogP) is 5.30. The third kappa shape index (κ3) is 2.35. The van der Waals surface area contributed by atoms with E-state index in [-0.39, 0.29) is 0 Å². The second-order valence-electron chi connectivity index (χ2n) is 5.77. The van der Waals surface area contributed by atoms with Crippen LogP contribution in [0.2, 0.25) is 0 Å². The van der Waals surface area contributed by atoms with Gasteiger partial charge in [-0.3, -0.25) is 0 Å². The average Bonchev–Trinajstić information content (AvgIpc) is 2.27. The standard InChI is InChI=1S/C16H19Br/c1-11-6-12-8-13(7-11)10-14(9-12)15-4-2-3-5-16(15)17/h2-6,11,13-14H,7-10H2,1H3. The maximum absolute atomic E-state index is 3.70. The molecule has 0 saturated heterocycles. The number of rotatable bonds is 1. The maximum atomic E-state index is 3.70. The molecule has 1 saturated carbocycles. The van der Waals surface area contributed by atoms with Gasteiger partial charge >= 0.3 is 0 Å².